The van der Waals surface area contributed by atoms with Gasteiger partial charge >= 0.3 is 0 Å². The average Bonchev–Trinajstić information content (AvgIpc) is 2.24. The Kier molecular flexibility index (Phi) is 2.64. The van der Waals surface area contributed by atoms with Gasteiger partial charge in [-0.1, -0.05) is 6.92 Å². The van der Waals surface area contributed by atoms with E-state index >= 15 is 0 Å². The van der Waals surface area contributed by atoms with Crippen molar-refractivity contribution in [3.05, 3.63) is 24.0 Å². The van der Waals surface area contributed by atoms with Crippen LogP contribution >= 0.6 is 0 Å². The van der Waals surface area contributed by atoms with Crippen molar-refractivity contribution in [1.29, 1.82) is 0 Å². The maximum atomic E-state index is 11.6. The van der Waals surface area contributed by atoms with Crippen LogP contribution in [-0.4, -0.2) is 35.9 Å². The van der Waals surface area contributed by atoms with Crippen LogP contribution in [0.1, 0.15) is 17.3 Å². The fourth-order valence-corrected chi connectivity index (χ4v) is 1.37. The molecular formula is C10H13N3O2. The monoisotopic (exact) mass is 207 g/mol. The highest BCUT2D eigenvalue weighted by atomic mass is 16.5. The van der Waals surface area contributed by atoms with Crippen molar-refractivity contribution >= 4 is 5.91 Å². The minimum absolute atomic E-state index is 0.0934. The molecule has 5 nitrogen and oxygen atoms in total. The van der Waals surface area contributed by atoms with Crippen LogP contribution in [0.15, 0.2) is 18.5 Å². The molecule has 1 aliphatic rings. The fraction of sp³-hybridized carbons (Fsp3) is 0.500. The number of amides is 1. The van der Waals surface area contributed by atoms with Crippen LogP contribution in [-0.2, 0) is 4.74 Å². The Morgan fingerprint density at radius 2 is 2.40 bits per heavy atom. The van der Waals surface area contributed by atoms with E-state index in [2.05, 4.69) is 22.4 Å². The van der Waals surface area contributed by atoms with E-state index in [4.69, 9.17) is 4.74 Å². The number of carbonyl (C=O) groups is 1. The zero-order valence-electron chi connectivity index (χ0n) is 8.56. The predicted octanol–water partition coefficient (Wildman–Crippen LogP) is 0.243. The van der Waals surface area contributed by atoms with E-state index in [1.807, 2.05) is 0 Å². The Labute approximate surface area is 87.8 Å². The van der Waals surface area contributed by atoms with Gasteiger partial charge in [0.05, 0.1) is 31.2 Å². The third-order valence-corrected chi connectivity index (χ3v) is 2.42. The van der Waals surface area contributed by atoms with Gasteiger partial charge in [-0.2, -0.15) is 10.2 Å². The highest BCUT2D eigenvalue weighted by Crippen LogP contribution is 2.25. The SMILES string of the molecule is CC1(CNC(=O)c2ccnnc2)COC1. The van der Waals surface area contributed by atoms with E-state index in [0.29, 0.717) is 25.3 Å². The van der Waals surface area contributed by atoms with Gasteiger partial charge in [0.15, 0.2) is 0 Å². The molecule has 1 amide bonds. The van der Waals surface area contributed by atoms with Gasteiger partial charge in [0.25, 0.3) is 5.91 Å². The molecule has 0 bridgehead atoms. The number of ether oxygens (including phenoxy) is 1. The molecule has 0 radical (unpaired) electrons. The van der Waals surface area contributed by atoms with Crippen LogP contribution in [0.5, 0.6) is 0 Å². The van der Waals surface area contributed by atoms with Gasteiger partial charge in [-0.3, -0.25) is 4.79 Å². The van der Waals surface area contributed by atoms with Crippen molar-refractivity contribution in [2.24, 2.45) is 5.41 Å². The molecule has 2 heterocycles. The van der Waals surface area contributed by atoms with Gasteiger partial charge in [-0.05, 0) is 6.07 Å². The van der Waals surface area contributed by atoms with Crippen LogP contribution in [0, 0.1) is 5.41 Å². The van der Waals surface area contributed by atoms with E-state index in [-0.39, 0.29) is 11.3 Å². The minimum atomic E-state index is -0.113. The lowest BCUT2D eigenvalue weighted by Crippen LogP contribution is -2.48. The summed E-state index contributed by atoms with van der Waals surface area (Å²) < 4.78 is 5.10. The van der Waals surface area contributed by atoms with E-state index in [9.17, 15) is 4.79 Å². The van der Waals surface area contributed by atoms with Gasteiger partial charge < -0.3 is 10.1 Å². The van der Waals surface area contributed by atoms with Crippen LogP contribution in [0.3, 0.4) is 0 Å². The smallest absolute Gasteiger partial charge is 0.252 e. The first kappa shape index (κ1) is 10.0. The molecule has 1 aromatic rings. The van der Waals surface area contributed by atoms with E-state index in [1.165, 1.54) is 12.4 Å². The highest BCUT2D eigenvalue weighted by molar-refractivity contribution is 5.93. The first-order valence-corrected chi connectivity index (χ1v) is 4.82. The molecule has 0 atom stereocenters. The number of hydrogen-bond donors (Lipinski definition) is 1. The van der Waals surface area contributed by atoms with Gasteiger partial charge in [0.2, 0.25) is 0 Å². The summed E-state index contributed by atoms with van der Waals surface area (Å²) in [5, 5.41) is 10.1. The summed E-state index contributed by atoms with van der Waals surface area (Å²) in [6.07, 6.45) is 2.96. The molecule has 0 saturated carbocycles. The first-order chi connectivity index (χ1) is 7.20. The number of nitrogens with one attached hydrogen (secondary N) is 1. The Bertz CT molecular complexity index is 349. The molecule has 2 rings (SSSR count). The predicted molar refractivity (Wildman–Crippen MR) is 53.3 cm³/mol. The van der Waals surface area contributed by atoms with Gasteiger partial charge in [-0.25, -0.2) is 0 Å². The lowest BCUT2D eigenvalue weighted by Gasteiger charge is -2.37. The van der Waals surface area contributed by atoms with Crippen LogP contribution < -0.4 is 5.32 Å². The third-order valence-electron chi connectivity index (χ3n) is 2.42. The Morgan fingerprint density at radius 3 is 2.93 bits per heavy atom. The van der Waals surface area contributed by atoms with Crippen molar-refractivity contribution in [3.63, 3.8) is 0 Å². The van der Waals surface area contributed by atoms with Gasteiger partial charge in [-0.15, -0.1) is 0 Å². The maximum Gasteiger partial charge on any atom is 0.252 e. The minimum Gasteiger partial charge on any atom is -0.380 e. The molecule has 0 aromatic carbocycles. The van der Waals surface area contributed by atoms with Crippen molar-refractivity contribution < 1.29 is 9.53 Å². The molecule has 0 spiro atoms. The molecular weight excluding hydrogens is 194 g/mol. The fourth-order valence-electron chi connectivity index (χ4n) is 1.37. The Hall–Kier alpha value is -1.49. The molecule has 80 valence electrons. The number of rotatable bonds is 3. The second-order valence-corrected chi connectivity index (χ2v) is 4.12. The standard InChI is InChI=1S/C10H13N3O2/c1-10(6-15-7-10)5-11-9(14)8-2-3-12-13-4-8/h2-4H,5-7H2,1H3,(H,11,14). The summed E-state index contributed by atoms with van der Waals surface area (Å²) >= 11 is 0. The molecule has 5 heteroatoms. The quantitative estimate of drug-likeness (QED) is 0.771. The van der Waals surface area contributed by atoms with Gasteiger partial charge in [0, 0.05) is 12.0 Å². The maximum absolute atomic E-state index is 11.6. The second-order valence-electron chi connectivity index (χ2n) is 4.12. The summed E-state index contributed by atoms with van der Waals surface area (Å²) in [5.41, 5.74) is 0.629. The van der Waals surface area contributed by atoms with E-state index in [1.54, 1.807) is 6.07 Å². The largest absolute Gasteiger partial charge is 0.380 e. The van der Waals surface area contributed by atoms with Crippen molar-refractivity contribution in [2.75, 3.05) is 19.8 Å². The molecule has 0 unspecified atom stereocenters. The lowest BCUT2D eigenvalue weighted by molar-refractivity contribution is -0.0978. The first-order valence-electron chi connectivity index (χ1n) is 4.82. The number of aromatic nitrogens is 2. The van der Waals surface area contributed by atoms with Gasteiger partial charge in [0.1, 0.15) is 0 Å². The highest BCUT2D eigenvalue weighted by Gasteiger charge is 2.33. The summed E-state index contributed by atoms with van der Waals surface area (Å²) in [6.45, 7) is 4.14. The Balaban J connectivity index is 1.88. The second kappa shape index (κ2) is 3.94. The lowest BCUT2D eigenvalue weighted by atomic mass is 9.89. The molecule has 1 aromatic heterocycles. The molecule has 1 saturated heterocycles. The molecule has 0 aliphatic carbocycles. The number of carbonyl (C=O) groups excluding carboxylic acids is 1. The van der Waals surface area contributed by atoms with Crippen LogP contribution in [0.25, 0.3) is 0 Å². The topological polar surface area (TPSA) is 64.1 Å². The van der Waals surface area contributed by atoms with Crippen molar-refractivity contribution in [1.82, 2.24) is 15.5 Å². The zero-order valence-corrected chi connectivity index (χ0v) is 8.56. The van der Waals surface area contributed by atoms with E-state index < -0.39 is 0 Å². The summed E-state index contributed by atoms with van der Waals surface area (Å²) in [5.74, 6) is -0.113. The zero-order chi connectivity index (χ0) is 10.7. The van der Waals surface area contributed by atoms with Crippen LogP contribution in [0.4, 0.5) is 0 Å². The molecule has 15 heavy (non-hydrogen) atoms. The number of nitrogens with zero attached hydrogens (tertiary/aromatic N) is 2. The number of hydrogen-bond acceptors (Lipinski definition) is 4. The molecule has 1 N–H and O–H groups in total. The summed E-state index contributed by atoms with van der Waals surface area (Å²) in [4.78, 5) is 11.6. The van der Waals surface area contributed by atoms with Crippen molar-refractivity contribution in [2.45, 2.75) is 6.92 Å². The molecule has 1 aliphatic heterocycles. The summed E-state index contributed by atoms with van der Waals surface area (Å²) in [7, 11) is 0. The van der Waals surface area contributed by atoms with Crippen LogP contribution in [0.2, 0.25) is 0 Å². The van der Waals surface area contributed by atoms with E-state index in [0.717, 1.165) is 0 Å². The molecule has 1 fully saturated rings. The Morgan fingerprint density at radius 1 is 1.60 bits per heavy atom. The third kappa shape index (κ3) is 2.30. The van der Waals surface area contributed by atoms with Crippen molar-refractivity contribution in [3.8, 4) is 0 Å². The normalized spacial score (nSPS) is 17.9. The average molecular weight is 207 g/mol. The summed E-state index contributed by atoms with van der Waals surface area (Å²) in [6, 6.07) is 1.64.